The summed E-state index contributed by atoms with van der Waals surface area (Å²) in [4.78, 5) is 27.0. The summed E-state index contributed by atoms with van der Waals surface area (Å²) in [5, 5.41) is -0.517. The Hall–Kier alpha value is -1.02. The lowest BCUT2D eigenvalue weighted by molar-refractivity contribution is -0.147. The van der Waals surface area contributed by atoms with E-state index in [1.807, 2.05) is 6.92 Å². The largest absolute Gasteiger partial charge is 0.490 e. The van der Waals surface area contributed by atoms with Crippen LogP contribution in [-0.4, -0.2) is 67.4 Å². The van der Waals surface area contributed by atoms with Crippen molar-refractivity contribution in [3.8, 4) is 0 Å². The van der Waals surface area contributed by atoms with Gasteiger partial charge in [0.25, 0.3) is 0 Å². The van der Waals surface area contributed by atoms with Crippen LogP contribution in [0.25, 0.3) is 0 Å². The molecule has 5 aliphatic rings. The summed E-state index contributed by atoms with van der Waals surface area (Å²) in [5.74, 6) is -0.651. The van der Waals surface area contributed by atoms with Crippen LogP contribution in [0.4, 0.5) is 4.39 Å². The molecule has 3 aliphatic carbocycles. The lowest BCUT2D eigenvalue weighted by Crippen LogP contribution is -2.52. The van der Waals surface area contributed by atoms with E-state index in [1.54, 1.807) is 14.2 Å². The second-order valence-electron chi connectivity index (χ2n) is 10.2. The minimum Gasteiger partial charge on any atom is -0.490 e. The molecule has 2 aliphatic heterocycles. The summed E-state index contributed by atoms with van der Waals surface area (Å²) in [6.45, 7) is 1.87. The molecule has 0 aromatic heterocycles. The lowest BCUT2D eigenvalue weighted by atomic mass is 9.69. The van der Waals surface area contributed by atoms with E-state index in [-0.39, 0.29) is 48.1 Å². The van der Waals surface area contributed by atoms with Gasteiger partial charge >= 0.3 is 0 Å². The molecule has 5 rings (SSSR count). The highest BCUT2D eigenvalue weighted by Crippen LogP contribution is 2.56. The second kappa shape index (κ2) is 8.33. The van der Waals surface area contributed by atoms with Crippen LogP contribution in [-0.2, 0) is 28.5 Å². The van der Waals surface area contributed by atoms with Gasteiger partial charge in [-0.15, -0.1) is 11.6 Å². The number of carbonyl (C=O) groups is 2. The van der Waals surface area contributed by atoms with Crippen LogP contribution >= 0.6 is 11.6 Å². The number of rotatable bonds is 3. The summed E-state index contributed by atoms with van der Waals surface area (Å²) in [7, 11) is 3.17. The molecular formula is C24H32ClFO6. The zero-order valence-corrected chi connectivity index (χ0v) is 19.6. The van der Waals surface area contributed by atoms with Crippen molar-refractivity contribution < 1.29 is 32.9 Å². The second-order valence-corrected chi connectivity index (χ2v) is 10.7. The maximum absolute atomic E-state index is 14.1. The van der Waals surface area contributed by atoms with E-state index < -0.39 is 29.2 Å². The SMILES string of the molecule is COC1CC(OC)C2C(=O)[C@@]3(OC2C1Cl)C1=C(C[C@H](C2CCCC(F)C2)O1)C(=O)C[C@H]3C. The number of hydrogen-bond donors (Lipinski definition) is 0. The van der Waals surface area contributed by atoms with E-state index in [2.05, 4.69) is 0 Å². The Bertz CT molecular complexity index is 831. The van der Waals surface area contributed by atoms with Gasteiger partial charge in [0.1, 0.15) is 18.0 Å². The smallest absolute Gasteiger partial charge is 0.187 e. The normalized spacial score (nSPS) is 48.7. The molecule has 0 aromatic carbocycles. The van der Waals surface area contributed by atoms with Crippen LogP contribution in [0.2, 0.25) is 0 Å². The third-order valence-electron chi connectivity index (χ3n) is 8.47. The maximum atomic E-state index is 14.1. The van der Waals surface area contributed by atoms with Crippen molar-refractivity contribution in [2.75, 3.05) is 14.2 Å². The van der Waals surface area contributed by atoms with Crippen LogP contribution in [0.3, 0.4) is 0 Å². The van der Waals surface area contributed by atoms with Gasteiger partial charge in [-0.1, -0.05) is 13.3 Å². The fourth-order valence-corrected chi connectivity index (χ4v) is 7.16. The molecule has 6 nitrogen and oxygen atoms in total. The van der Waals surface area contributed by atoms with Gasteiger partial charge in [-0.25, -0.2) is 4.39 Å². The number of Topliss-reactive ketones (excluding diaryl/α,β-unsaturated/α-hetero) is 2. The Balaban J connectivity index is 1.50. The fourth-order valence-electron chi connectivity index (χ4n) is 6.74. The summed E-state index contributed by atoms with van der Waals surface area (Å²) in [5.41, 5.74) is -0.798. The Morgan fingerprint density at radius 2 is 1.84 bits per heavy atom. The first-order chi connectivity index (χ1) is 15.3. The van der Waals surface area contributed by atoms with E-state index in [9.17, 15) is 14.0 Å². The van der Waals surface area contributed by atoms with Crippen LogP contribution in [0.1, 0.15) is 51.9 Å². The van der Waals surface area contributed by atoms with Crippen LogP contribution in [0, 0.1) is 17.8 Å². The van der Waals surface area contributed by atoms with Gasteiger partial charge in [0, 0.05) is 45.0 Å². The molecule has 7 unspecified atom stereocenters. The molecule has 3 fully saturated rings. The van der Waals surface area contributed by atoms with Crippen molar-refractivity contribution in [2.24, 2.45) is 17.8 Å². The molecule has 0 N–H and O–H groups in total. The maximum Gasteiger partial charge on any atom is 0.187 e. The van der Waals surface area contributed by atoms with Gasteiger partial charge in [-0.05, 0) is 25.2 Å². The van der Waals surface area contributed by atoms with E-state index in [0.717, 1.165) is 12.8 Å². The number of hydrogen-bond acceptors (Lipinski definition) is 6. The number of ketones is 2. The van der Waals surface area contributed by atoms with Crippen molar-refractivity contribution in [2.45, 2.75) is 93.4 Å². The Kier molecular flexibility index (Phi) is 5.92. The van der Waals surface area contributed by atoms with Crippen LogP contribution < -0.4 is 0 Å². The average Bonchev–Trinajstić information content (AvgIpc) is 3.35. The van der Waals surface area contributed by atoms with Gasteiger partial charge in [-0.3, -0.25) is 9.59 Å². The highest BCUT2D eigenvalue weighted by atomic mass is 35.5. The quantitative estimate of drug-likeness (QED) is 0.588. The third-order valence-corrected chi connectivity index (χ3v) is 9.00. The minimum absolute atomic E-state index is 0.0000112. The van der Waals surface area contributed by atoms with Gasteiger partial charge < -0.3 is 18.9 Å². The topological polar surface area (TPSA) is 71.1 Å². The Morgan fingerprint density at radius 1 is 1.09 bits per heavy atom. The Morgan fingerprint density at radius 3 is 2.53 bits per heavy atom. The standard InChI is InChI=1S/C24H32ClFO6/c1-11-7-15(27)14-9-16(12-5-4-6-13(26)8-12)31-23(14)24(11)22(28)19-17(29-2)10-18(30-3)20(25)21(19)32-24/h11-13,16-21H,4-10H2,1-3H3/t11-,12?,13?,16-,17?,18?,19?,20?,21?,24-/m1/s1. The number of carbonyl (C=O) groups excluding carboxylic acids is 2. The molecule has 1 saturated heterocycles. The molecule has 10 atom stereocenters. The zero-order chi connectivity index (χ0) is 22.8. The molecule has 2 saturated carbocycles. The monoisotopic (exact) mass is 470 g/mol. The van der Waals surface area contributed by atoms with Crippen molar-refractivity contribution in [3.63, 3.8) is 0 Å². The first-order valence-corrected chi connectivity index (χ1v) is 12.2. The molecule has 178 valence electrons. The van der Waals surface area contributed by atoms with Crippen molar-refractivity contribution in [1.29, 1.82) is 0 Å². The van der Waals surface area contributed by atoms with E-state index in [1.165, 1.54) is 0 Å². The molecule has 32 heavy (non-hydrogen) atoms. The molecule has 1 spiro atoms. The molecule has 2 heterocycles. The molecule has 0 amide bonds. The average molecular weight is 471 g/mol. The van der Waals surface area contributed by atoms with Crippen molar-refractivity contribution >= 4 is 23.2 Å². The Labute approximate surface area is 193 Å². The summed E-state index contributed by atoms with van der Waals surface area (Å²) < 4.78 is 38.3. The first-order valence-electron chi connectivity index (χ1n) is 11.8. The summed E-state index contributed by atoms with van der Waals surface area (Å²) in [6, 6.07) is 0. The van der Waals surface area contributed by atoms with Crippen molar-refractivity contribution in [3.05, 3.63) is 11.3 Å². The zero-order valence-electron chi connectivity index (χ0n) is 18.9. The van der Waals surface area contributed by atoms with Gasteiger partial charge in [-0.2, -0.15) is 0 Å². The van der Waals surface area contributed by atoms with E-state index >= 15 is 0 Å². The van der Waals surface area contributed by atoms with Crippen LogP contribution in [0.5, 0.6) is 0 Å². The highest BCUT2D eigenvalue weighted by Gasteiger charge is 2.68. The highest BCUT2D eigenvalue weighted by molar-refractivity contribution is 6.22. The minimum atomic E-state index is -1.34. The predicted octanol–water partition coefficient (Wildman–Crippen LogP) is 3.53. The number of ether oxygens (including phenoxy) is 4. The summed E-state index contributed by atoms with van der Waals surface area (Å²) in [6.07, 6.45) is 1.42. The van der Waals surface area contributed by atoms with Crippen LogP contribution in [0.15, 0.2) is 11.3 Å². The molecule has 0 bridgehead atoms. The van der Waals surface area contributed by atoms with Gasteiger partial charge in [0.15, 0.2) is 17.2 Å². The van der Waals surface area contributed by atoms with E-state index in [0.29, 0.717) is 37.0 Å². The lowest BCUT2D eigenvalue weighted by Gasteiger charge is -2.39. The third kappa shape index (κ3) is 3.22. The number of methoxy groups -OCH3 is 2. The van der Waals surface area contributed by atoms with Crippen molar-refractivity contribution in [1.82, 2.24) is 0 Å². The molecular weight excluding hydrogens is 439 g/mol. The molecule has 0 radical (unpaired) electrons. The number of halogens is 2. The fraction of sp³-hybridized carbons (Fsp3) is 0.833. The first kappa shape index (κ1) is 22.8. The number of alkyl halides is 2. The van der Waals surface area contributed by atoms with Gasteiger partial charge in [0.05, 0.1) is 29.6 Å². The molecule has 8 heteroatoms. The van der Waals surface area contributed by atoms with Gasteiger partial charge in [0.2, 0.25) is 0 Å². The predicted molar refractivity (Wildman–Crippen MR) is 114 cm³/mol. The summed E-state index contributed by atoms with van der Waals surface area (Å²) >= 11 is 6.74. The van der Waals surface area contributed by atoms with E-state index in [4.69, 9.17) is 30.5 Å². The number of fused-ring (bicyclic) bond motifs is 2. The molecule has 0 aromatic rings.